The molecule has 2 rings (SSSR count). The maximum atomic E-state index is 5.76. The Morgan fingerprint density at radius 2 is 2.31 bits per heavy atom. The maximum absolute atomic E-state index is 5.76. The van der Waals surface area contributed by atoms with Crippen molar-refractivity contribution < 1.29 is 4.52 Å². The van der Waals surface area contributed by atoms with E-state index in [2.05, 4.69) is 15.5 Å². The van der Waals surface area contributed by atoms with Crippen LogP contribution in [-0.2, 0) is 6.54 Å². The van der Waals surface area contributed by atoms with Crippen LogP contribution in [0.5, 0.6) is 0 Å². The molecule has 5 nitrogen and oxygen atoms in total. The van der Waals surface area contributed by atoms with Crippen LogP contribution in [-0.4, -0.2) is 10.1 Å². The zero-order valence-electron chi connectivity index (χ0n) is 8.70. The summed E-state index contributed by atoms with van der Waals surface area (Å²) in [6.45, 7) is 2.33. The van der Waals surface area contributed by atoms with E-state index in [-0.39, 0.29) is 0 Å². The molecule has 16 heavy (non-hydrogen) atoms. The molecule has 2 aromatic heterocycles. The van der Waals surface area contributed by atoms with Crippen LogP contribution in [0.3, 0.4) is 0 Å². The second-order valence-corrected chi connectivity index (χ2v) is 3.74. The number of nitrogens with one attached hydrogen (secondary N) is 1. The van der Waals surface area contributed by atoms with Gasteiger partial charge in [0, 0.05) is 6.07 Å². The molecular formula is C10H11ClN4O. The molecule has 2 aromatic rings. The van der Waals surface area contributed by atoms with E-state index in [1.807, 2.05) is 13.0 Å². The average Bonchev–Trinajstić information content (AvgIpc) is 2.66. The first-order chi connectivity index (χ1) is 7.65. The number of halogens is 1. The van der Waals surface area contributed by atoms with Crippen LogP contribution in [0, 0.1) is 6.92 Å². The van der Waals surface area contributed by atoms with Crippen LogP contribution in [0.25, 0.3) is 0 Å². The number of hydrogen-bond donors (Lipinski definition) is 2. The molecule has 2 heterocycles. The number of pyridine rings is 1. The fourth-order valence-corrected chi connectivity index (χ4v) is 1.41. The number of hydrogen-bond acceptors (Lipinski definition) is 5. The minimum absolute atomic E-state index is 0.396. The third-order valence-electron chi connectivity index (χ3n) is 2.01. The van der Waals surface area contributed by atoms with E-state index in [0.717, 1.165) is 11.5 Å². The van der Waals surface area contributed by atoms with Crippen molar-refractivity contribution in [1.29, 1.82) is 0 Å². The topological polar surface area (TPSA) is 77.0 Å². The number of nitrogens with zero attached hydrogens (tertiary/aromatic N) is 2. The minimum atomic E-state index is 0.396. The van der Waals surface area contributed by atoms with Crippen LogP contribution in [0.4, 0.5) is 11.5 Å². The van der Waals surface area contributed by atoms with Crippen LogP contribution in [0.2, 0.25) is 5.15 Å². The maximum Gasteiger partial charge on any atom is 0.151 e. The lowest BCUT2D eigenvalue weighted by Gasteiger charge is -2.06. The van der Waals surface area contributed by atoms with Gasteiger partial charge in [0.05, 0.1) is 12.2 Å². The Kier molecular flexibility index (Phi) is 2.96. The second-order valence-electron chi connectivity index (χ2n) is 3.35. The van der Waals surface area contributed by atoms with Gasteiger partial charge in [-0.25, -0.2) is 4.98 Å². The van der Waals surface area contributed by atoms with Crippen LogP contribution in [0.1, 0.15) is 11.5 Å². The van der Waals surface area contributed by atoms with Crippen LogP contribution in [0.15, 0.2) is 22.7 Å². The number of aromatic nitrogens is 2. The normalized spacial score (nSPS) is 10.4. The van der Waals surface area contributed by atoms with Crippen molar-refractivity contribution in [3.63, 3.8) is 0 Å². The second kappa shape index (κ2) is 4.40. The molecule has 0 aliphatic carbocycles. The van der Waals surface area contributed by atoms with Crippen molar-refractivity contribution in [2.24, 2.45) is 0 Å². The Morgan fingerprint density at radius 1 is 1.50 bits per heavy atom. The van der Waals surface area contributed by atoms with Gasteiger partial charge in [-0.05, 0) is 19.1 Å². The molecule has 0 unspecified atom stereocenters. The monoisotopic (exact) mass is 238 g/mol. The molecular weight excluding hydrogens is 228 g/mol. The number of nitrogen functional groups attached to an aromatic ring is 1. The van der Waals surface area contributed by atoms with Crippen molar-refractivity contribution in [1.82, 2.24) is 10.1 Å². The molecule has 0 amide bonds. The zero-order valence-corrected chi connectivity index (χ0v) is 9.45. The molecule has 0 atom stereocenters. The quantitative estimate of drug-likeness (QED) is 0.802. The van der Waals surface area contributed by atoms with E-state index in [0.29, 0.717) is 23.2 Å². The van der Waals surface area contributed by atoms with Gasteiger partial charge in [0.1, 0.15) is 16.6 Å². The molecule has 3 N–H and O–H groups in total. The third-order valence-corrected chi connectivity index (χ3v) is 2.22. The highest BCUT2D eigenvalue weighted by Gasteiger charge is 2.04. The highest BCUT2D eigenvalue weighted by atomic mass is 35.5. The lowest BCUT2D eigenvalue weighted by molar-refractivity contribution is 0.391. The van der Waals surface area contributed by atoms with Crippen molar-refractivity contribution in [2.45, 2.75) is 13.5 Å². The van der Waals surface area contributed by atoms with Gasteiger partial charge in [-0.1, -0.05) is 16.8 Å². The van der Waals surface area contributed by atoms with Gasteiger partial charge in [-0.2, -0.15) is 0 Å². The van der Waals surface area contributed by atoms with Crippen molar-refractivity contribution in [2.75, 3.05) is 11.1 Å². The minimum Gasteiger partial charge on any atom is -0.396 e. The Bertz CT molecular complexity index is 497. The van der Waals surface area contributed by atoms with E-state index in [1.165, 1.54) is 0 Å². The van der Waals surface area contributed by atoms with Gasteiger partial charge in [-0.15, -0.1) is 0 Å². The highest BCUT2D eigenvalue weighted by Crippen LogP contribution is 2.18. The Balaban J connectivity index is 2.07. The van der Waals surface area contributed by atoms with E-state index in [4.69, 9.17) is 21.9 Å². The highest BCUT2D eigenvalue weighted by molar-refractivity contribution is 6.29. The van der Waals surface area contributed by atoms with Gasteiger partial charge in [-0.3, -0.25) is 0 Å². The summed E-state index contributed by atoms with van der Waals surface area (Å²) in [7, 11) is 0. The molecule has 0 aromatic carbocycles. The summed E-state index contributed by atoms with van der Waals surface area (Å²) in [5.41, 5.74) is 7.07. The van der Waals surface area contributed by atoms with E-state index in [9.17, 15) is 0 Å². The van der Waals surface area contributed by atoms with E-state index >= 15 is 0 Å². The third kappa shape index (κ3) is 2.43. The lowest BCUT2D eigenvalue weighted by Crippen LogP contribution is -2.04. The largest absolute Gasteiger partial charge is 0.396 e. The van der Waals surface area contributed by atoms with Gasteiger partial charge in [0.2, 0.25) is 0 Å². The summed E-state index contributed by atoms with van der Waals surface area (Å²) >= 11 is 5.76. The Hall–Kier alpha value is -1.75. The van der Waals surface area contributed by atoms with E-state index in [1.54, 1.807) is 12.1 Å². The first-order valence-electron chi connectivity index (χ1n) is 4.73. The van der Waals surface area contributed by atoms with Crippen molar-refractivity contribution in [3.8, 4) is 0 Å². The molecule has 0 aliphatic heterocycles. The van der Waals surface area contributed by atoms with Gasteiger partial charge in [0.15, 0.2) is 5.82 Å². The lowest BCUT2D eigenvalue weighted by atomic mass is 10.3. The number of aryl methyl sites for hydroxylation is 1. The molecule has 0 saturated heterocycles. The fraction of sp³-hybridized carbons (Fsp3) is 0.200. The Morgan fingerprint density at radius 3 is 3.00 bits per heavy atom. The predicted molar refractivity (Wildman–Crippen MR) is 62.2 cm³/mol. The summed E-state index contributed by atoms with van der Waals surface area (Å²) in [6.07, 6.45) is 0. The Labute approximate surface area is 97.6 Å². The first-order valence-corrected chi connectivity index (χ1v) is 5.11. The van der Waals surface area contributed by atoms with Gasteiger partial charge in [0.25, 0.3) is 0 Å². The molecule has 0 fully saturated rings. The molecule has 0 aliphatic rings. The van der Waals surface area contributed by atoms with Crippen molar-refractivity contribution in [3.05, 3.63) is 34.8 Å². The summed E-state index contributed by atoms with van der Waals surface area (Å²) < 4.78 is 4.94. The predicted octanol–water partition coefficient (Wildman–Crippen LogP) is 2.23. The molecule has 0 radical (unpaired) electrons. The molecule has 6 heteroatoms. The van der Waals surface area contributed by atoms with Gasteiger partial charge < -0.3 is 15.6 Å². The molecule has 0 bridgehead atoms. The fourth-order valence-electron chi connectivity index (χ4n) is 1.26. The van der Waals surface area contributed by atoms with Gasteiger partial charge >= 0.3 is 0 Å². The van der Waals surface area contributed by atoms with Crippen molar-refractivity contribution >= 4 is 23.1 Å². The first kappa shape index (κ1) is 10.8. The number of rotatable bonds is 3. The smallest absolute Gasteiger partial charge is 0.151 e. The molecule has 0 saturated carbocycles. The number of anilines is 2. The number of nitrogens with two attached hydrogens (primary N) is 1. The van der Waals surface area contributed by atoms with Crippen LogP contribution >= 0.6 is 11.6 Å². The summed E-state index contributed by atoms with van der Waals surface area (Å²) in [5.74, 6) is 1.32. The summed E-state index contributed by atoms with van der Waals surface area (Å²) in [6, 6.07) is 5.18. The molecule has 0 spiro atoms. The van der Waals surface area contributed by atoms with E-state index < -0.39 is 0 Å². The standard InChI is InChI=1S/C10H11ClN4O/c1-6-4-7(15-16-6)5-13-10-8(12)2-3-9(11)14-10/h2-4H,5,12H2,1H3,(H,13,14). The average molecular weight is 239 g/mol. The summed E-state index contributed by atoms with van der Waals surface area (Å²) in [4.78, 5) is 4.07. The molecule has 84 valence electrons. The summed E-state index contributed by atoms with van der Waals surface area (Å²) in [5, 5.41) is 7.28. The SMILES string of the molecule is Cc1cc(CNc2nc(Cl)ccc2N)no1. The van der Waals surface area contributed by atoms with Crippen LogP contribution < -0.4 is 11.1 Å². The zero-order chi connectivity index (χ0) is 11.5.